The van der Waals surface area contributed by atoms with Gasteiger partial charge in [0.15, 0.2) is 0 Å². The predicted octanol–water partition coefficient (Wildman–Crippen LogP) is 5.78. The predicted molar refractivity (Wildman–Crippen MR) is 126 cm³/mol. The van der Waals surface area contributed by atoms with Crippen LogP contribution >= 0.6 is 0 Å². The van der Waals surface area contributed by atoms with Crippen molar-refractivity contribution >= 4 is 5.91 Å². The number of nitrogens with one attached hydrogen (secondary N) is 1. The highest BCUT2D eigenvalue weighted by atomic mass is 19.4. The molecule has 7 heteroatoms. The average molecular weight is 469 g/mol. The fourth-order valence-electron chi connectivity index (χ4n) is 4.26. The Balaban J connectivity index is 1.33. The number of nitrogens with zero attached hydrogens (tertiary/aromatic N) is 1. The minimum atomic E-state index is -4.41. The first kappa shape index (κ1) is 23.8. The first-order chi connectivity index (χ1) is 16.3. The quantitative estimate of drug-likeness (QED) is 0.499. The maximum Gasteiger partial charge on any atom is 0.416 e. The Morgan fingerprint density at radius 1 is 1.03 bits per heavy atom. The number of benzene rings is 3. The standard InChI is InChI=1S/C27H27F3N2O2/c1-34-25-6-2-4-22(16-25)20-9-7-19(8-10-20)17-32-15-3-5-24(18-32)31-26(33)21-11-13-23(14-12-21)27(28,29)30/h2,4,6-14,16,24H,3,5,15,17-18H2,1H3,(H,31,33). The molecule has 3 aromatic rings. The Morgan fingerprint density at radius 3 is 2.44 bits per heavy atom. The molecule has 1 N–H and O–H groups in total. The van der Waals surface area contributed by atoms with E-state index in [1.165, 1.54) is 17.7 Å². The van der Waals surface area contributed by atoms with Crippen molar-refractivity contribution in [2.24, 2.45) is 0 Å². The van der Waals surface area contributed by atoms with Crippen molar-refractivity contribution in [3.8, 4) is 16.9 Å². The van der Waals surface area contributed by atoms with Crippen LogP contribution < -0.4 is 10.1 Å². The third kappa shape index (κ3) is 5.97. The zero-order valence-electron chi connectivity index (χ0n) is 18.9. The molecule has 4 rings (SSSR count). The molecule has 1 atom stereocenters. The molecular weight excluding hydrogens is 441 g/mol. The summed E-state index contributed by atoms with van der Waals surface area (Å²) in [7, 11) is 1.65. The van der Waals surface area contributed by atoms with Crippen LogP contribution in [0.2, 0.25) is 0 Å². The fourth-order valence-corrected chi connectivity index (χ4v) is 4.26. The Bertz CT molecular complexity index is 1110. The molecule has 4 nitrogen and oxygen atoms in total. The van der Waals surface area contributed by atoms with Crippen LogP contribution in [0.3, 0.4) is 0 Å². The van der Waals surface area contributed by atoms with E-state index in [2.05, 4.69) is 34.5 Å². The van der Waals surface area contributed by atoms with Crippen molar-refractivity contribution < 1.29 is 22.7 Å². The second-order valence-electron chi connectivity index (χ2n) is 8.55. The molecule has 1 aliphatic rings. The molecule has 0 saturated carbocycles. The number of carbonyl (C=O) groups excluding carboxylic acids is 1. The van der Waals surface area contributed by atoms with Gasteiger partial charge in [-0.05, 0) is 72.5 Å². The Hall–Kier alpha value is -3.32. The second kappa shape index (κ2) is 10.3. The minimum absolute atomic E-state index is 0.0420. The number of carbonyl (C=O) groups is 1. The van der Waals surface area contributed by atoms with E-state index in [9.17, 15) is 18.0 Å². The first-order valence-electron chi connectivity index (χ1n) is 11.3. The highest BCUT2D eigenvalue weighted by molar-refractivity contribution is 5.94. The van der Waals surface area contributed by atoms with Crippen LogP contribution in [-0.4, -0.2) is 37.0 Å². The van der Waals surface area contributed by atoms with Crippen LogP contribution in [0, 0.1) is 0 Å². The molecule has 1 unspecified atom stereocenters. The summed E-state index contributed by atoms with van der Waals surface area (Å²) in [5.74, 6) is 0.475. The van der Waals surface area contributed by atoms with Crippen molar-refractivity contribution in [2.75, 3.05) is 20.2 Å². The lowest BCUT2D eigenvalue weighted by Crippen LogP contribution is -2.47. The molecule has 0 aromatic heterocycles. The SMILES string of the molecule is COc1cccc(-c2ccc(CN3CCCC(NC(=O)c4ccc(C(F)(F)F)cc4)C3)cc2)c1. The molecule has 1 amide bonds. The highest BCUT2D eigenvalue weighted by Gasteiger charge is 2.30. The van der Waals surface area contributed by atoms with Gasteiger partial charge in [-0.15, -0.1) is 0 Å². The van der Waals surface area contributed by atoms with Crippen LogP contribution in [-0.2, 0) is 12.7 Å². The molecule has 0 aliphatic carbocycles. The van der Waals surface area contributed by atoms with Crippen LogP contribution in [0.15, 0.2) is 72.8 Å². The van der Waals surface area contributed by atoms with E-state index in [0.29, 0.717) is 6.54 Å². The van der Waals surface area contributed by atoms with Crippen LogP contribution in [0.5, 0.6) is 5.75 Å². The van der Waals surface area contributed by atoms with Gasteiger partial charge in [-0.25, -0.2) is 0 Å². The van der Waals surface area contributed by atoms with Crippen molar-refractivity contribution in [1.82, 2.24) is 10.2 Å². The number of hydrogen-bond donors (Lipinski definition) is 1. The van der Waals surface area contributed by atoms with Crippen molar-refractivity contribution in [1.29, 1.82) is 0 Å². The maximum absolute atomic E-state index is 12.7. The summed E-state index contributed by atoms with van der Waals surface area (Å²) in [4.78, 5) is 14.8. The van der Waals surface area contributed by atoms with E-state index in [4.69, 9.17) is 4.74 Å². The smallest absolute Gasteiger partial charge is 0.416 e. The van der Waals surface area contributed by atoms with E-state index in [1.54, 1.807) is 7.11 Å². The summed E-state index contributed by atoms with van der Waals surface area (Å²) in [6, 6.07) is 20.6. The average Bonchev–Trinajstić information content (AvgIpc) is 2.84. The van der Waals surface area contributed by atoms with Gasteiger partial charge < -0.3 is 10.1 Å². The number of piperidine rings is 1. The topological polar surface area (TPSA) is 41.6 Å². The van der Waals surface area contributed by atoms with E-state index in [0.717, 1.165) is 54.9 Å². The molecule has 178 valence electrons. The van der Waals surface area contributed by atoms with Crippen molar-refractivity contribution in [3.63, 3.8) is 0 Å². The normalized spacial score (nSPS) is 16.8. The number of methoxy groups -OCH3 is 1. The van der Waals surface area contributed by atoms with E-state index in [-0.39, 0.29) is 17.5 Å². The fraction of sp³-hybridized carbons (Fsp3) is 0.296. The zero-order chi connectivity index (χ0) is 24.1. The molecule has 0 spiro atoms. The van der Waals surface area contributed by atoms with E-state index >= 15 is 0 Å². The summed E-state index contributed by atoms with van der Waals surface area (Å²) < 4.78 is 43.5. The molecular formula is C27H27F3N2O2. The third-order valence-corrected chi connectivity index (χ3v) is 6.08. The Kier molecular flexibility index (Phi) is 7.22. The number of likely N-dealkylation sites (tertiary alicyclic amines) is 1. The summed E-state index contributed by atoms with van der Waals surface area (Å²) >= 11 is 0. The number of hydrogen-bond acceptors (Lipinski definition) is 3. The van der Waals surface area contributed by atoms with Crippen molar-refractivity contribution in [2.45, 2.75) is 31.6 Å². The lowest BCUT2D eigenvalue weighted by Gasteiger charge is -2.33. The maximum atomic E-state index is 12.7. The number of rotatable bonds is 6. The molecule has 1 saturated heterocycles. The molecule has 3 aromatic carbocycles. The molecule has 1 heterocycles. The molecule has 0 bridgehead atoms. The van der Waals surface area contributed by atoms with Gasteiger partial charge in [0, 0.05) is 24.7 Å². The largest absolute Gasteiger partial charge is 0.497 e. The van der Waals surface area contributed by atoms with Gasteiger partial charge in [0.05, 0.1) is 12.7 Å². The number of ether oxygens (including phenoxy) is 1. The number of alkyl halides is 3. The monoisotopic (exact) mass is 468 g/mol. The molecule has 34 heavy (non-hydrogen) atoms. The lowest BCUT2D eigenvalue weighted by molar-refractivity contribution is -0.137. The summed E-state index contributed by atoms with van der Waals surface area (Å²) in [6.45, 7) is 2.40. The number of amides is 1. The number of halogens is 3. The minimum Gasteiger partial charge on any atom is -0.497 e. The highest BCUT2D eigenvalue weighted by Crippen LogP contribution is 2.29. The van der Waals surface area contributed by atoms with Crippen molar-refractivity contribution in [3.05, 3.63) is 89.5 Å². The van der Waals surface area contributed by atoms with Crippen LogP contribution in [0.25, 0.3) is 11.1 Å². The van der Waals surface area contributed by atoms with Gasteiger partial charge in [0.2, 0.25) is 0 Å². The van der Waals surface area contributed by atoms with Crippen LogP contribution in [0.1, 0.15) is 34.3 Å². The van der Waals surface area contributed by atoms with Gasteiger partial charge in [0.25, 0.3) is 5.91 Å². The van der Waals surface area contributed by atoms with Gasteiger partial charge in [-0.3, -0.25) is 9.69 Å². The molecule has 1 aliphatic heterocycles. The first-order valence-corrected chi connectivity index (χ1v) is 11.3. The summed E-state index contributed by atoms with van der Waals surface area (Å²) in [5, 5.41) is 2.98. The summed E-state index contributed by atoms with van der Waals surface area (Å²) in [5.41, 5.74) is 2.86. The lowest BCUT2D eigenvalue weighted by atomic mass is 10.0. The Labute approximate surface area is 197 Å². The molecule has 0 radical (unpaired) electrons. The van der Waals surface area contributed by atoms with Gasteiger partial charge in [0.1, 0.15) is 5.75 Å². The summed E-state index contributed by atoms with van der Waals surface area (Å²) in [6.07, 6.45) is -2.62. The van der Waals surface area contributed by atoms with E-state index < -0.39 is 11.7 Å². The Morgan fingerprint density at radius 2 is 1.76 bits per heavy atom. The van der Waals surface area contributed by atoms with Gasteiger partial charge in [-0.2, -0.15) is 13.2 Å². The van der Waals surface area contributed by atoms with Gasteiger partial charge in [-0.1, -0.05) is 36.4 Å². The van der Waals surface area contributed by atoms with Gasteiger partial charge >= 0.3 is 6.18 Å². The zero-order valence-corrected chi connectivity index (χ0v) is 18.9. The second-order valence-corrected chi connectivity index (χ2v) is 8.55. The molecule has 1 fully saturated rings. The van der Waals surface area contributed by atoms with Crippen LogP contribution in [0.4, 0.5) is 13.2 Å². The third-order valence-electron chi connectivity index (χ3n) is 6.08. The van der Waals surface area contributed by atoms with E-state index in [1.807, 2.05) is 24.3 Å².